The van der Waals surface area contributed by atoms with Gasteiger partial charge in [-0.25, -0.2) is 9.78 Å². The Morgan fingerprint density at radius 2 is 2.08 bits per heavy atom. The highest BCUT2D eigenvalue weighted by atomic mass is 16.4. The first-order chi connectivity index (χ1) is 12.5. The fourth-order valence-corrected chi connectivity index (χ4v) is 4.45. The molecule has 1 aliphatic heterocycles. The van der Waals surface area contributed by atoms with Crippen molar-refractivity contribution >= 4 is 22.9 Å². The number of carboxylic acids is 1. The van der Waals surface area contributed by atoms with Gasteiger partial charge in [0.25, 0.3) is 5.56 Å². The van der Waals surface area contributed by atoms with Crippen molar-refractivity contribution in [3.05, 3.63) is 22.9 Å². The van der Waals surface area contributed by atoms with Crippen LogP contribution >= 0.6 is 0 Å². The van der Waals surface area contributed by atoms with Gasteiger partial charge in [0.2, 0.25) is 5.91 Å². The van der Waals surface area contributed by atoms with E-state index in [-0.39, 0.29) is 30.0 Å². The normalized spacial score (nSPS) is 25.4. The van der Waals surface area contributed by atoms with Gasteiger partial charge in [0, 0.05) is 13.1 Å². The number of aliphatic carboxylic acids is 1. The molecule has 26 heavy (non-hydrogen) atoms. The number of fused-ring (bicyclic) bond motifs is 2. The second kappa shape index (κ2) is 6.22. The number of nitrogens with zero attached hydrogens (tertiary/aromatic N) is 5. The van der Waals surface area contributed by atoms with E-state index in [2.05, 4.69) is 10.1 Å². The second-order valence-electron chi connectivity index (χ2n) is 7.19. The summed E-state index contributed by atoms with van der Waals surface area (Å²) < 4.78 is 2.73. The van der Waals surface area contributed by atoms with Gasteiger partial charge in [-0.1, -0.05) is 12.8 Å². The molecular weight excluding hydrogens is 338 g/mol. The van der Waals surface area contributed by atoms with E-state index in [1.807, 2.05) is 0 Å². The number of carboxylic acid groups (broad SMARTS) is 1. The summed E-state index contributed by atoms with van der Waals surface area (Å²) in [7, 11) is 1.69. The van der Waals surface area contributed by atoms with Crippen LogP contribution in [0.4, 0.5) is 0 Å². The first-order valence-corrected chi connectivity index (χ1v) is 8.88. The number of carbonyl (C=O) groups is 2. The van der Waals surface area contributed by atoms with Gasteiger partial charge in [-0.2, -0.15) is 5.10 Å². The lowest BCUT2D eigenvalue weighted by molar-refractivity contribution is -0.150. The van der Waals surface area contributed by atoms with Crippen molar-refractivity contribution < 1.29 is 14.7 Å². The fraction of sp³-hybridized carbons (Fsp3) is 0.588. The maximum absolute atomic E-state index is 12.9. The molecule has 2 aromatic heterocycles. The Morgan fingerprint density at radius 3 is 2.85 bits per heavy atom. The molecule has 2 aromatic rings. The molecule has 1 saturated carbocycles. The van der Waals surface area contributed by atoms with E-state index in [4.69, 9.17) is 0 Å². The Balaban J connectivity index is 1.63. The summed E-state index contributed by atoms with van der Waals surface area (Å²) in [6.45, 7) is -0.205. The zero-order valence-electron chi connectivity index (χ0n) is 14.5. The van der Waals surface area contributed by atoms with Crippen molar-refractivity contribution in [1.29, 1.82) is 0 Å². The lowest BCUT2D eigenvalue weighted by atomic mass is 9.85. The van der Waals surface area contributed by atoms with Crippen molar-refractivity contribution in [3.8, 4) is 0 Å². The molecule has 0 unspecified atom stereocenters. The van der Waals surface area contributed by atoms with E-state index in [1.165, 1.54) is 26.7 Å². The summed E-state index contributed by atoms with van der Waals surface area (Å²) in [4.78, 5) is 42.9. The van der Waals surface area contributed by atoms with Gasteiger partial charge < -0.3 is 10.0 Å². The van der Waals surface area contributed by atoms with Gasteiger partial charge in [-0.3, -0.25) is 18.8 Å². The molecule has 9 heteroatoms. The molecule has 1 saturated heterocycles. The van der Waals surface area contributed by atoms with Crippen molar-refractivity contribution in [2.24, 2.45) is 13.0 Å². The highest BCUT2D eigenvalue weighted by molar-refractivity contribution is 5.85. The molecule has 0 bridgehead atoms. The molecule has 1 aliphatic carbocycles. The number of rotatable bonds is 3. The Kier molecular flexibility index (Phi) is 4.01. The molecule has 138 valence electrons. The predicted molar refractivity (Wildman–Crippen MR) is 91.4 cm³/mol. The summed E-state index contributed by atoms with van der Waals surface area (Å²) in [5, 5.41) is 13.9. The van der Waals surface area contributed by atoms with E-state index in [9.17, 15) is 19.5 Å². The topological polar surface area (TPSA) is 110 Å². The van der Waals surface area contributed by atoms with E-state index in [0.717, 1.165) is 25.7 Å². The average molecular weight is 359 g/mol. The molecule has 0 spiro atoms. The Morgan fingerprint density at radius 1 is 1.31 bits per heavy atom. The van der Waals surface area contributed by atoms with Crippen LogP contribution in [0.5, 0.6) is 0 Å². The number of hydrogen-bond donors (Lipinski definition) is 1. The van der Waals surface area contributed by atoms with Crippen LogP contribution in [0.25, 0.3) is 11.0 Å². The van der Waals surface area contributed by atoms with Gasteiger partial charge >= 0.3 is 5.97 Å². The molecule has 2 fully saturated rings. The van der Waals surface area contributed by atoms with E-state index < -0.39 is 12.0 Å². The third-order valence-electron chi connectivity index (χ3n) is 5.68. The standard InChI is InChI=1S/C17H21N5O4/c1-20-15-11(7-19-20)16(24)21(9-18-15)8-14(23)22-12-5-3-2-4-10(12)6-13(22)17(25)26/h7,9-10,12-13H,2-6,8H2,1H3,(H,25,26)/t10-,12+,13+/m1/s1. The summed E-state index contributed by atoms with van der Waals surface area (Å²) in [5.41, 5.74) is 0.110. The van der Waals surface area contributed by atoms with Crippen LogP contribution in [0.1, 0.15) is 32.1 Å². The SMILES string of the molecule is Cn1ncc2c(=O)n(CC(=O)N3[C@H](C(=O)O)C[C@H]4CCCC[C@@H]43)cnc21. The van der Waals surface area contributed by atoms with Crippen LogP contribution in [0.3, 0.4) is 0 Å². The Bertz CT molecular complexity index is 933. The number of carbonyl (C=O) groups excluding carboxylic acids is 1. The number of hydrogen-bond acceptors (Lipinski definition) is 5. The minimum atomic E-state index is -0.971. The van der Waals surface area contributed by atoms with Gasteiger partial charge in [0.1, 0.15) is 24.3 Å². The van der Waals surface area contributed by atoms with Crippen molar-refractivity contribution in [1.82, 2.24) is 24.2 Å². The van der Waals surface area contributed by atoms with Gasteiger partial charge in [0.15, 0.2) is 5.65 Å². The summed E-state index contributed by atoms with van der Waals surface area (Å²) in [6.07, 6.45) is 7.13. The van der Waals surface area contributed by atoms with Crippen LogP contribution in [-0.2, 0) is 23.2 Å². The third-order valence-corrected chi connectivity index (χ3v) is 5.68. The van der Waals surface area contributed by atoms with Gasteiger partial charge in [-0.15, -0.1) is 0 Å². The lowest BCUT2D eigenvalue weighted by Gasteiger charge is -2.33. The zero-order chi connectivity index (χ0) is 18.4. The molecule has 3 atom stereocenters. The van der Waals surface area contributed by atoms with Crippen LogP contribution in [0, 0.1) is 5.92 Å². The first kappa shape index (κ1) is 16.7. The lowest BCUT2D eigenvalue weighted by Crippen LogP contribution is -2.48. The monoisotopic (exact) mass is 359 g/mol. The minimum absolute atomic E-state index is 0.0388. The van der Waals surface area contributed by atoms with Gasteiger partial charge in [0.05, 0.1) is 6.20 Å². The predicted octanol–water partition coefficient (Wildman–Crippen LogP) is 0.374. The smallest absolute Gasteiger partial charge is 0.326 e. The maximum atomic E-state index is 12.9. The van der Waals surface area contributed by atoms with Crippen LogP contribution < -0.4 is 5.56 Å². The molecular formula is C17H21N5O4. The summed E-state index contributed by atoms with van der Waals surface area (Å²) >= 11 is 0. The average Bonchev–Trinajstić information content (AvgIpc) is 3.19. The summed E-state index contributed by atoms with van der Waals surface area (Å²) in [6, 6.07) is -0.843. The summed E-state index contributed by atoms with van der Waals surface area (Å²) in [5.74, 6) is -1.07. The van der Waals surface area contributed by atoms with Crippen LogP contribution in [0.2, 0.25) is 0 Å². The number of aryl methyl sites for hydroxylation is 1. The highest BCUT2D eigenvalue weighted by Gasteiger charge is 2.47. The molecule has 2 aliphatic rings. The van der Waals surface area contributed by atoms with Crippen molar-refractivity contribution in [2.75, 3.05) is 0 Å². The Hall–Kier alpha value is -2.71. The molecule has 1 N–H and O–H groups in total. The molecule has 0 radical (unpaired) electrons. The van der Waals surface area contributed by atoms with E-state index in [1.54, 1.807) is 7.05 Å². The molecule has 0 aromatic carbocycles. The number of likely N-dealkylation sites (tertiary alicyclic amines) is 1. The molecule has 3 heterocycles. The fourth-order valence-electron chi connectivity index (χ4n) is 4.45. The molecule has 1 amide bonds. The second-order valence-corrected chi connectivity index (χ2v) is 7.19. The Labute approximate surface area is 149 Å². The minimum Gasteiger partial charge on any atom is -0.480 e. The highest BCUT2D eigenvalue weighted by Crippen LogP contribution is 2.39. The molecule has 9 nitrogen and oxygen atoms in total. The largest absolute Gasteiger partial charge is 0.480 e. The third kappa shape index (κ3) is 2.58. The number of aromatic nitrogens is 4. The van der Waals surface area contributed by atoms with Crippen molar-refractivity contribution in [2.45, 2.75) is 50.7 Å². The maximum Gasteiger partial charge on any atom is 0.326 e. The molecule has 4 rings (SSSR count). The van der Waals surface area contributed by atoms with Crippen molar-refractivity contribution in [3.63, 3.8) is 0 Å². The van der Waals surface area contributed by atoms with Gasteiger partial charge in [-0.05, 0) is 25.2 Å². The zero-order valence-corrected chi connectivity index (χ0v) is 14.5. The van der Waals surface area contributed by atoms with Crippen LogP contribution in [-0.4, -0.2) is 53.3 Å². The first-order valence-electron chi connectivity index (χ1n) is 8.88. The van der Waals surface area contributed by atoms with E-state index >= 15 is 0 Å². The van der Waals surface area contributed by atoms with Crippen LogP contribution in [0.15, 0.2) is 17.3 Å². The number of amides is 1. The van der Waals surface area contributed by atoms with E-state index in [0.29, 0.717) is 17.5 Å². The quantitative estimate of drug-likeness (QED) is 0.848.